The Hall–Kier alpha value is -1.73. The fourth-order valence-electron chi connectivity index (χ4n) is 1.19. The average Bonchev–Trinajstić information content (AvgIpc) is 2.38. The van der Waals surface area contributed by atoms with Crippen molar-refractivity contribution in [1.82, 2.24) is 5.32 Å². The normalized spacial score (nSPS) is 13.5. The minimum absolute atomic E-state index is 0.300. The molecule has 0 saturated heterocycles. The zero-order valence-electron chi connectivity index (χ0n) is 10.5. The van der Waals surface area contributed by atoms with Crippen molar-refractivity contribution < 1.29 is 9.47 Å². The van der Waals surface area contributed by atoms with E-state index in [4.69, 9.17) is 14.7 Å². The zero-order chi connectivity index (χ0) is 12.7. The SMILES string of the molecule is CCOc1ccc(OCC(C)(C#N)NC)cc1. The van der Waals surface area contributed by atoms with Crippen LogP contribution in [0.1, 0.15) is 13.8 Å². The van der Waals surface area contributed by atoms with E-state index in [2.05, 4.69) is 11.4 Å². The van der Waals surface area contributed by atoms with Gasteiger partial charge in [-0.15, -0.1) is 0 Å². The quantitative estimate of drug-likeness (QED) is 0.817. The van der Waals surface area contributed by atoms with Crippen molar-refractivity contribution in [3.63, 3.8) is 0 Å². The first-order chi connectivity index (χ1) is 8.13. The third-order valence-corrected chi connectivity index (χ3v) is 2.46. The van der Waals surface area contributed by atoms with Gasteiger partial charge in [0.2, 0.25) is 0 Å². The molecule has 1 rings (SSSR count). The second-order valence-electron chi connectivity index (χ2n) is 3.89. The lowest BCUT2D eigenvalue weighted by molar-refractivity contribution is 0.242. The number of likely N-dealkylation sites (N-methyl/N-ethyl adjacent to an activating group) is 1. The molecule has 0 saturated carbocycles. The van der Waals surface area contributed by atoms with Gasteiger partial charge in [-0.2, -0.15) is 5.26 Å². The summed E-state index contributed by atoms with van der Waals surface area (Å²) in [5.74, 6) is 1.54. The Balaban J connectivity index is 2.56. The van der Waals surface area contributed by atoms with E-state index in [0.29, 0.717) is 13.2 Å². The van der Waals surface area contributed by atoms with Crippen molar-refractivity contribution in [3.8, 4) is 17.6 Å². The first kappa shape index (κ1) is 13.3. The predicted molar refractivity (Wildman–Crippen MR) is 66.2 cm³/mol. The molecule has 0 aliphatic rings. The van der Waals surface area contributed by atoms with E-state index in [-0.39, 0.29) is 0 Å². The zero-order valence-corrected chi connectivity index (χ0v) is 10.5. The molecule has 1 N–H and O–H groups in total. The van der Waals surface area contributed by atoms with Crippen LogP contribution in [-0.4, -0.2) is 25.8 Å². The number of benzene rings is 1. The lowest BCUT2D eigenvalue weighted by Crippen LogP contribution is -2.43. The number of nitriles is 1. The van der Waals surface area contributed by atoms with Crippen molar-refractivity contribution in [3.05, 3.63) is 24.3 Å². The highest BCUT2D eigenvalue weighted by Crippen LogP contribution is 2.18. The summed E-state index contributed by atoms with van der Waals surface area (Å²) in [4.78, 5) is 0. The van der Waals surface area contributed by atoms with Crippen molar-refractivity contribution in [1.29, 1.82) is 5.26 Å². The van der Waals surface area contributed by atoms with E-state index < -0.39 is 5.54 Å². The van der Waals surface area contributed by atoms with Gasteiger partial charge in [0.25, 0.3) is 0 Å². The summed E-state index contributed by atoms with van der Waals surface area (Å²) in [5, 5.41) is 11.9. The number of rotatable bonds is 6. The van der Waals surface area contributed by atoms with Gasteiger partial charge in [-0.3, -0.25) is 5.32 Å². The van der Waals surface area contributed by atoms with Gasteiger partial charge < -0.3 is 9.47 Å². The molecule has 17 heavy (non-hydrogen) atoms. The molecule has 0 aliphatic heterocycles. The fraction of sp³-hybridized carbons (Fsp3) is 0.462. The molecule has 0 aliphatic carbocycles. The van der Waals surface area contributed by atoms with Crippen molar-refractivity contribution >= 4 is 0 Å². The van der Waals surface area contributed by atoms with Gasteiger partial charge >= 0.3 is 0 Å². The van der Waals surface area contributed by atoms with E-state index in [1.54, 1.807) is 14.0 Å². The summed E-state index contributed by atoms with van der Waals surface area (Å²) in [6.07, 6.45) is 0. The maximum absolute atomic E-state index is 8.96. The van der Waals surface area contributed by atoms with Crippen molar-refractivity contribution in [2.75, 3.05) is 20.3 Å². The van der Waals surface area contributed by atoms with Crippen LogP contribution in [0.3, 0.4) is 0 Å². The predicted octanol–water partition coefficient (Wildman–Crippen LogP) is 1.97. The minimum Gasteiger partial charge on any atom is -0.494 e. The minimum atomic E-state index is -0.668. The molecule has 0 radical (unpaired) electrons. The molecule has 4 heteroatoms. The van der Waals surface area contributed by atoms with Gasteiger partial charge in [0, 0.05) is 0 Å². The molecule has 1 atom stereocenters. The number of nitrogens with one attached hydrogen (secondary N) is 1. The van der Waals surface area contributed by atoms with Gasteiger partial charge in [0.15, 0.2) is 0 Å². The Morgan fingerprint density at radius 2 is 1.76 bits per heavy atom. The largest absolute Gasteiger partial charge is 0.494 e. The maximum Gasteiger partial charge on any atom is 0.137 e. The molecule has 1 aromatic carbocycles. The molecule has 0 spiro atoms. The number of hydrogen-bond donors (Lipinski definition) is 1. The third kappa shape index (κ3) is 3.97. The van der Waals surface area contributed by atoms with Gasteiger partial charge in [-0.25, -0.2) is 0 Å². The second kappa shape index (κ2) is 6.12. The standard InChI is InChI=1S/C13H18N2O2/c1-4-16-11-5-7-12(8-6-11)17-10-13(2,9-14)15-3/h5-8,15H,4,10H2,1-3H3. The first-order valence-electron chi connectivity index (χ1n) is 5.59. The Kier molecular flexibility index (Phi) is 4.80. The molecule has 0 fully saturated rings. The Morgan fingerprint density at radius 1 is 1.24 bits per heavy atom. The molecular weight excluding hydrogens is 216 g/mol. The molecule has 0 bridgehead atoms. The van der Waals surface area contributed by atoms with Gasteiger partial charge in [0.05, 0.1) is 12.7 Å². The highest BCUT2D eigenvalue weighted by Gasteiger charge is 2.21. The highest BCUT2D eigenvalue weighted by atomic mass is 16.5. The Morgan fingerprint density at radius 3 is 2.18 bits per heavy atom. The smallest absolute Gasteiger partial charge is 0.137 e. The monoisotopic (exact) mass is 234 g/mol. The van der Waals surface area contributed by atoms with Gasteiger partial charge in [-0.1, -0.05) is 0 Å². The topological polar surface area (TPSA) is 54.3 Å². The van der Waals surface area contributed by atoms with Crippen LogP contribution in [0.5, 0.6) is 11.5 Å². The lowest BCUT2D eigenvalue weighted by Gasteiger charge is -2.20. The van der Waals surface area contributed by atoms with Crippen LogP contribution in [0.15, 0.2) is 24.3 Å². The van der Waals surface area contributed by atoms with Crippen molar-refractivity contribution in [2.24, 2.45) is 0 Å². The second-order valence-corrected chi connectivity index (χ2v) is 3.89. The van der Waals surface area contributed by atoms with Crippen LogP contribution in [0.25, 0.3) is 0 Å². The van der Waals surface area contributed by atoms with Crippen LogP contribution in [0, 0.1) is 11.3 Å². The molecule has 1 unspecified atom stereocenters. The summed E-state index contributed by atoms with van der Waals surface area (Å²) >= 11 is 0. The molecular formula is C13H18N2O2. The summed E-state index contributed by atoms with van der Waals surface area (Å²) in [7, 11) is 1.74. The summed E-state index contributed by atoms with van der Waals surface area (Å²) < 4.78 is 10.9. The molecule has 1 aromatic rings. The van der Waals surface area contributed by atoms with Crippen LogP contribution in [0.4, 0.5) is 0 Å². The lowest BCUT2D eigenvalue weighted by atomic mass is 10.1. The number of ether oxygens (including phenoxy) is 2. The Bertz CT molecular complexity index is 383. The van der Waals surface area contributed by atoms with E-state index in [0.717, 1.165) is 11.5 Å². The molecule has 0 heterocycles. The average molecular weight is 234 g/mol. The van der Waals surface area contributed by atoms with Gasteiger partial charge in [0.1, 0.15) is 23.6 Å². The van der Waals surface area contributed by atoms with E-state index in [1.165, 1.54) is 0 Å². The summed E-state index contributed by atoms with van der Waals surface area (Å²) in [5.41, 5.74) is -0.668. The molecule has 92 valence electrons. The third-order valence-electron chi connectivity index (χ3n) is 2.46. The molecule has 0 aromatic heterocycles. The number of nitrogens with zero attached hydrogens (tertiary/aromatic N) is 1. The van der Waals surface area contributed by atoms with E-state index in [1.807, 2.05) is 31.2 Å². The van der Waals surface area contributed by atoms with Crippen LogP contribution < -0.4 is 14.8 Å². The molecule has 4 nitrogen and oxygen atoms in total. The van der Waals surface area contributed by atoms with Gasteiger partial charge in [-0.05, 0) is 45.2 Å². The summed E-state index contributed by atoms with van der Waals surface area (Å²) in [6, 6.07) is 9.53. The van der Waals surface area contributed by atoms with Crippen LogP contribution >= 0.6 is 0 Å². The highest BCUT2D eigenvalue weighted by molar-refractivity contribution is 5.31. The summed E-state index contributed by atoms with van der Waals surface area (Å²) in [6.45, 7) is 4.68. The molecule has 0 amide bonds. The first-order valence-corrected chi connectivity index (χ1v) is 5.59. The maximum atomic E-state index is 8.96. The van der Waals surface area contributed by atoms with E-state index in [9.17, 15) is 0 Å². The Labute approximate surface area is 102 Å². The number of hydrogen-bond acceptors (Lipinski definition) is 4. The van der Waals surface area contributed by atoms with Crippen molar-refractivity contribution in [2.45, 2.75) is 19.4 Å². The van der Waals surface area contributed by atoms with E-state index >= 15 is 0 Å². The van der Waals surface area contributed by atoms with Crippen LogP contribution in [0.2, 0.25) is 0 Å². The fourth-order valence-corrected chi connectivity index (χ4v) is 1.19. The van der Waals surface area contributed by atoms with Crippen LogP contribution in [-0.2, 0) is 0 Å².